The highest BCUT2D eigenvalue weighted by atomic mass is 14.5. The molecule has 1 heterocycles. The van der Waals surface area contributed by atoms with Gasteiger partial charge in [-0.05, 0) is 41.4 Å². The number of fused-ring (bicyclic) bond motifs is 1. The smallest absolute Gasteiger partial charge is 0.0691 e. The van der Waals surface area contributed by atoms with E-state index in [4.69, 9.17) is 0 Å². The minimum Gasteiger partial charge on any atom is -0.0691 e. The lowest BCUT2D eigenvalue weighted by molar-refractivity contribution is 0.134. The van der Waals surface area contributed by atoms with Crippen LogP contribution in [0.2, 0.25) is 11.6 Å². The van der Waals surface area contributed by atoms with Crippen LogP contribution in [0.5, 0.6) is 0 Å². The van der Waals surface area contributed by atoms with Crippen LogP contribution in [-0.4, -0.2) is 7.28 Å². The van der Waals surface area contributed by atoms with Crippen molar-refractivity contribution in [3.63, 3.8) is 0 Å². The van der Waals surface area contributed by atoms with Crippen molar-refractivity contribution in [1.82, 2.24) is 0 Å². The Labute approximate surface area is 116 Å². The van der Waals surface area contributed by atoms with Crippen LogP contribution >= 0.6 is 0 Å². The minimum atomic E-state index is 0.481. The molecule has 0 aromatic rings. The van der Waals surface area contributed by atoms with Crippen LogP contribution in [-0.2, 0) is 0 Å². The Morgan fingerprint density at radius 1 is 1.06 bits per heavy atom. The Hall–Kier alpha value is 0.0649. The van der Waals surface area contributed by atoms with Crippen molar-refractivity contribution in [3.05, 3.63) is 0 Å². The fourth-order valence-corrected chi connectivity index (χ4v) is 5.16. The normalized spacial score (nSPS) is 44.1. The largest absolute Gasteiger partial charge is 0.127 e. The standard InChI is InChI=1S/C17H33B/c1-11-12(2)18-15-10-17(6,7)9-13(15)8-14(11)16(3,4)5/h11-15,18H,8-10H2,1-7H3. The molecule has 0 amide bonds. The first kappa shape index (κ1) is 14.5. The molecule has 5 unspecified atom stereocenters. The molecule has 2 rings (SSSR count). The molecular formula is C17H33B. The van der Waals surface area contributed by atoms with E-state index in [0.29, 0.717) is 10.8 Å². The lowest BCUT2D eigenvalue weighted by Gasteiger charge is -2.38. The van der Waals surface area contributed by atoms with E-state index in [1.165, 1.54) is 26.5 Å². The van der Waals surface area contributed by atoms with E-state index < -0.39 is 0 Å². The Morgan fingerprint density at radius 2 is 1.67 bits per heavy atom. The molecule has 2 aliphatic rings. The first-order chi connectivity index (χ1) is 8.10. The lowest BCUT2D eigenvalue weighted by atomic mass is 9.50. The van der Waals surface area contributed by atoms with E-state index in [1.807, 2.05) is 0 Å². The molecule has 0 N–H and O–H groups in total. The van der Waals surface area contributed by atoms with Crippen LogP contribution in [0.25, 0.3) is 0 Å². The molecule has 0 aromatic carbocycles. The zero-order valence-corrected chi connectivity index (χ0v) is 13.7. The Bertz CT molecular complexity index is 299. The second kappa shape index (κ2) is 4.56. The molecular weight excluding hydrogens is 215 g/mol. The second-order valence-electron chi connectivity index (χ2n) is 9.37. The molecule has 1 aliphatic carbocycles. The Morgan fingerprint density at radius 3 is 2.22 bits per heavy atom. The third-order valence-corrected chi connectivity index (χ3v) is 6.17. The zero-order chi connectivity index (χ0) is 13.7. The molecule has 1 aliphatic heterocycles. The highest BCUT2D eigenvalue weighted by Crippen LogP contribution is 2.57. The maximum absolute atomic E-state index is 2.52. The molecule has 5 atom stereocenters. The van der Waals surface area contributed by atoms with Gasteiger partial charge in [-0.2, -0.15) is 0 Å². The molecule has 0 radical (unpaired) electrons. The Kier molecular flexibility index (Phi) is 3.67. The van der Waals surface area contributed by atoms with Crippen LogP contribution in [0, 0.1) is 28.6 Å². The summed E-state index contributed by atoms with van der Waals surface area (Å²) in [6.07, 6.45) is 4.44. The van der Waals surface area contributed by atoms with Crippen molar-refractivity contribution in [2.75, 3.05) is 0 Å². The van der Waals surface area contributed by atoms with E-state index in [-0.39, 0.29) is 0 Å². The van der Waals surface area contributed by atoms with Crippen molar-refractivity contribution >= 4 is 7.28 Å². The molecule has 2 fully saturated rings. The van der Waals surface area contributed by atoms with Gasteiger partial charge in [0.2, 0.25) is 0 Å². The quantitative estimate of drug-likeness (QED) is 0.519. The monoisotopic (exact) mass is 248 g/mol. The van der Waals surface area contributed by atoms with Crippen molar-refractivity contribution in [1.29, 1.82) is 0 Å². The predicted molar refractivity (Wildman–Crippen MR) is 83.6 cm³/mol. The van der Waals surface area contributed by atoms with E-state index in [0.717, 1.165) is 29.4 Å². The summed E-state index contributed by atoms with van der Waals surface area (Å²) in [4.78, 5) is 0. The SMILES string of the molecule is CC1BC2CC(C)(C)CC2CC(C(C)(C)C)C1C. The predicted octanol–water partition coefficient (Wildman–Crippen LogP) is 5.16. The topological polar surface area (TPSA) is 0 Å². The van der Waals surface area contributed by atoms with Crippen LogP contribution in [0.15, 0.2) is 0 Å². The maximum Gasteiger partial charge on any atom is 0.127 e. The van der Waals surface area contributed by atoms with Gasteiger partial charge in [0.1, 0.15) is 7.28 Å². The van der Waals surface area contributed by atoms with Gasteiger partial charge in [-0.3, -0.25) is 0 Å². The average Bonchev–Trinajstić information content (AvgIpc) is 2.40. The maximum atomic E-state index is 2.52. The number of rotatable bonds is 0. The fourth-order valence-electron chi connectivity index (χ4n) is 5.16. The summed E-state index contributed by atoms with van der Waals surface area (Å²) in [5.74, 6) is 4.76. The molecule has 1 saturated carbocycles. The summed E-state index contributed by atoms with van der Waals surface area (Å²) in [5.41, 5.74) is 1.09. The van der Waals surface area contributed by atoms with Crippen LogP contribution in [0.3, 0.4) is 0 Å². The molecule has 1 saturated heterocycles. The molecule has 1 heteroatoms. The first-order valence-electron chi connectivity index (χ1n) is 8.10. The molecule has 104 valence electrons. The summed E-state index contributed by atoms with van der Waals surface area (Å²) < 4.78 is 0. The molecule has 0 nitrogen and oxygen atoms in total. The molecule has 0 aromatic heterocycles. The summed E-state index contributed by atoms with van der Waals surface area (Å²) in [6.45, 7) is 17.4. The summed E-state index contributed by atoms with van der Waals surface area (Å²) in [5, 5.41) is 0. The summed E-state index contributed by atoms with van der Waals surface area (Å²) >= 11 is 0. The first-order valence-corrected chi connectivity index (χ1v) is 8.10. The van der Waals surface area contributed by atoms with Gasteiger partial charge in [0, 0.05) is 0 Å². The third kappa shape index (κ3) is 2.80. The highest BCUT2D eigenvalue weighted by Gasteiger charge is 2.46. The molecule has 0 spiro atoms. The van der Waals surface area contributed by atoms with Gasteiger partial charge in [0.25, 0.3) is 0 Å². The summed E-state index contributed by atoms with van der Waals surface area (Å²) in [6, 6.07) is 0. The van der Waals surface area contributed by atoms with Crippen LogP contribution < -0.4 is 0 Å². The van der Waals surface area contributed by atoms with Crippen molar-refractivity contribution < 1.29 is 0 Å². The minimum absolute atomic E-state index is 0.481. The second-order valence-corrected chi connectivity index (χ2v) is 9.37. The zero-order valence-electron chi connectivity index (χ0n) is 13.7. The lowest BCUT2D eigenvalue weighted by Crippen LogP contribution is -2.29. The summed E-state index contributed by atoms with van der Waals surface area (Å²) in [7, 11) is 1.49. The third-order valence-electron chi connectivity index (χ3n) is 6.17. The van der Waals surface area contributed by atoms with Gasteiger partial charge in [-0.15, -0.1) is 0 Å². The molecule has 18 heavy (non-hydrogen) atoms. The van der Waals surface area contributed by atoms with Crippen LogP contribution in [0.1, 0.15) is 67.7 Å². The van der Waals surface area contributed by atoms with Crippen molar-refractivity contribution in [2.45, 2.75) is 79.4 Å². The highest BCUT2D eigenvalue weighted by molar-refractivity contribution is 6.40. The van der Waals surface area contributed by atoms with E-state index in [9.17, 15) is 0 Å². The van der Waals surface area contributed by atoms with Gasteiger partial charge in [-0.1, -0.05) is 66.5 Å². The van der Waals surface area contributed by atoms with E-state index in [1.54, 1.807) is 0 Å². The van der Waals surface area contributed by atoms with E-state index in [2.05, 4.69) is 48.5 Å². The van der Waals surface area contributed by atoms with Gasteiger partial charge >= 0.3 is 0 Å². The number of hydrogen-bond donors (Lipinski definition) is 0. The van der Waals surface area contributed by atoms with Gasteiger partial charge in [0.15, 0.2) is 0 Å². The van der Waals surface area contributed by atoms with Crippen molar-refractivity contribution in [2.24, 2.45) is 28.6 Å². The van der Waals surface area contributed by atoms with Crippen LogP contribution in [0.4, 0.5) is 0 Å². The average molecular weight is 248 g/mol. The van der Waals surface area contributed by atoms with Crippen molar-refractivity contribution in [3.8, 4) is 0 Å². The van der Waals surface area contributed by atoms with Gasteiger partial charge in [-0.25, -0.2) is 0 Å². The molecule has 0 bridgehead atoms. The fraction of sp³-hybridized carbons (Fsp3) is 1.00. The Balaban J connectivity index is 2.21. The van der Waals surface area contributed by atoms with Gasteiger partial charge < -0.3 is 0 Å². The number of hydrogen-bond acceptors (Lipinski definition) is 0. The van der Waals surface area contributed by atoms with Gasteiger partial charge in [0.05, 0.1) is 0 Å². The van der Waals surface area contributed by atoms with E-state index >= 15 is 0 Å².